The predicted octanol–water partition coefficient (Wildman–Crippen LogP) is 3.98. The standard InChI is InChI=1S/C23H26F2N4O4S/c1-22(2)11-17-19(18(30)12-22)23(16-13-26-28-20(16)27-17)6-8-29(9-7-23)34(31,32)15-5-3-4-14(10-15)33-21(24)25/h3-5,10,21,27H,6-9,11-13H2,1-2H3. The minimum atomic E-state index is -3.93. The van der Waals surface area contributed by atoms with Gasteiger partial charge in [0.25, 0.3) is 0 Å². The predicted molar refractivity (Wildman–Crippen MR) is 118 cm³/mol. The van der Waals surface area contributed by atoms with Crippen molar-refractivity contribution < 1.29 is 26.7 Å². The minimum Gasteiger partial charge on any atom is -0.435 e. The number of ketones is 1. The average Bonchev–Trinajstić information content (AvgIpc) is 3.22. The number of fused-ring (bicyclic) bond motifs is 2. The number of dihydropyridines is 1. The highest BCUT2D eigenvalue weighted by Gasteiger charge is 2.53. The van der Waals surface area contributed by atoms with Gasteiger partial charge in [0.15, 0.2) is 11.6 Å². The van der Waals surface area contributed by atoms with Crippen LogP contribution in [-0.2, 0) is 14.8 Å². The molecule has 1 N–H and O–H groups in total. The van der Waals surface area contributed by atoms with Gasteiger partial charge in [0.1, 0.15) is 5.75 Å². The molecule has 0 aromatic heterocycles. The van der Waals surface area contributed by atoms with Gasteiger partial charge in [-0.1, -0.05) is 19.9 Å². The van der Waals surface area contributed by atoms with Crippen LogP contribution in [0.5, 0.6) is 5.75 Å². The topological polar surface area (TPSA) is 100 Å². The zero-order valence-corrected chi connectivity index (χ0v) is 19.8. The maximum atomic E-state index is 13.3. The summed E-state index contributed by atoms with van der Waals surface area (Å²) in [5, 5.41) is 11.8. The molecule has 1 saturated heterocycles. The van der Waals surface area contributed by atoms with E-state index in [0.29, 0.717) is 38.0 Å². The van der Waals surface area contributed by atoms with Crippen molar-refractivity contribution in [2.24, 2.45) is 21.1 Å². The molecule has 0 radical (unpaired) electrons. The van der Waals surface area contributed by atoms with E-state index < -0.39 is 22.0 Å². The first-order chi connectivity index (χ1) is 16.0. The van der Waals surface area contributed by atoms with Gasteiger partial charge in [-0.15, -0.1) is 5.11 Å². The van der Waals surface area contributed by atoms with E-state index in [1.807, 2.05) is 0 Å². The molecule has 182 valence electrons. The van der Waals surface area contributed by atoms with Crippen LogP contribution < -0.4 is 10.1 Å². The number of carbonyl (C=O) groups is 1. The number of azo groups is 1. The molecule has 11 heteroatoms. The summed E-state index contributed by atoms with van der Waals surface area (Å²) >= 11 is 0. The van der Waals surface area contributed by atoms with Crippen molar-refractivity contribution in [3.05, 3.63) is 46.9 Å². The van der Waals surface area contributed by atoms with Gasteiger partial charge in [0, 0.05) is 47.8 Å². The highest BCUT2D eigenvalue weighted by Crippen LogP contribution is 2.55. The number of benzene rings is 1. The van der Waals surface area contributed by atoms with Gasteiger partial charge < -0.3 is 10.1 Å². The Kier molecular flexibility index (Phi) is 5.40. The number of rotatable bonds is 4. The molecule has 34 heavy (non-hydrogen) atoms. The van der Waals surface area contributed by atoms with E-state index in [-0.39, 0.29) is 34.9 Å². The zero-order chi connectivity index (χ0) is 24.3. The van der Waals surface area contributed by atoms with E-state index in [4.69, 9.17) is 0 Å². The second kappa shape index (κ2) is 7.94. The summed E-state index contributed by atoms with van der Waals surface area (Å²) in [6, 6.07) is 5.14. The van der Waals surface area contributed by atoms with Crippen molar-refractivity contribution in [1.29, 1.82) is 0 Å². The molecular weight excluding hydrogens is 466 g/mol. The number of hydrogen-bond acceptors (Lipinski definition) is 7. The molecule has 0 amide bonds. The Morgan fingerprint density at radius 1 is 1.18 bits per heavy atom. The van der Waals surface area contributed by atoms with E-state index in [0.717, 1.165) is 22.9 Å². The van der Waals surface area contributed by atoms with Crippen LogP contribution in [0.1, 0.15) is 39.5 Å². The molecule has 3 heterocycles. The Balaban J connectivity index is 1.45. The van der Waals surface area contributed by atoms with Crippen LogP contribution in [0.3, 0.4) is 0 Å². The smallest absolute Gasteiger partial charge is 0.387 e. The van der Waals surface area contributed by atoms with E-state index >= 15 is 0 Å². The molecule has 5 rings (SSSR count). The molecule has 0 unspecified atom stereocenters. The molecule has 1 spiro atoms. The normalized spacial score (nSPS) is 23.9. The second-order valence-electron chi connectivity index (χ2n) is 9.99. The number of carbonyl (C=O) groups excluding carboxylic acids is 1. The lowest BCUT2D eigenvalue weighted by Gasteiger charge is -2.48. The Morgan fingerprint density at radius 3 is 2.62 bits per heavy atom. The quantitative estimate of drug-likeness (QED) is 0.685. The monoisotopic (exact) mass is 492 g/mol. The molecule has 1 aromatic rings. The first kappa shape index (κ1) is 23.1. The molecule has 0 atom stereocenters. The van der Waals surface area contributed by atoms with Crippen LogP contribution in [-0.4, -0.2) is 44.8 Å². The number of halogens is 2. The third-order valence-electron chi connectivity index (χ3n) is 7.13. The number of ether oxygens (including phenoxy) is 1. The summed E-state index contributed by atoms with van der Waals surface area (Å²) in [7, 11) is -3.93. The van der Waals surface area contributed by atoms with Gasteiger partial charge in [-0.2, -0.15) is 18.2 Å². The van der Waals surface area contributed by atoms with Crippen LogP contribution in [0.2, 0.25) is 0 Å². The number of sulfonamides is 1. The highest BCUT2D eigenvalue weighted by atomic mass is 32.2. The number of piperidine rings is 1. The average molecular weight is 493 g/mol. The molecule has 0 saturated carbocycles. The summed E-state index contributed by atoms with van der Waals surface area (Å²) in [6.07, 6.45) is 2.00. The van der Waals surface area contributed by atoms with Crippen molar-refractivity contribution in [1.82, 2.24) is 9.62 Å². The summed E-state index contributed by atoms with van der Waals surface area (Å²) in [5.41, 5.74) is 1.80. The lowest BCUT2D eigenvalue weighted by molar-refractivity contribution is -0.119. The molecular formula is C23H26F2N4O4S. The Hall–Kier alpha value is -2.66. The highest BCUT2D eigenvalue weighted by molar-refractivity contribution is 7.89. The SMILES string of the molecule is CC1(C)CC(=O)C2=C(C1)NC1=C(CN=N1)C21CCN(S(=O)(=O)c2cccc(OC(F)F)c2)CC1. The molecule has 4 aliphatic rings. The van der Waals surface area contributed by atoms with Crippen molar-refractivity contribution in [3.8, 4) is 5.75 Å². The fourth-order valence-electron chi connectivity index (χ4n) is 5.69. The van der Waals surface area contributed by atoms with Gasteiger partial charge in [-0.3, -0.25) is 4.79 Å². The fraction of sp³-hybridized carbons (Fsp3) is 0.522. The molecule has 3 aliphatic heterocycles. The van der Waals surface area contributed by atoms with Crippen LogP contribution >= 0.6 is 0 Å². The summed E-state index contributed by atoms with van der Waals surface area (Å²) in [4.78, 5) is 13.2. The first-order valence-corrected chi connectivity index (χ1v) is 12.7. The summed E-state index contributed by atoms with van der Waals surface area (Å²) in [6.45, 7) is 1.83. The second-order valence-corrected chi connectivity index (χ2v) is 11.9. The molecule has 0 bridgehead atoms. The Labute approximate surface area is 196 Å². The van der Waals surface area contributed by atoms with Crippen molar-refractivity contribution >= 4 is 15.8 Å². The van der Waals surface area contributed by atoms with E-state index in [1.54, 1.807) is 0 Å². The van der Waals surface area contributed by atoms with E-state index in [1.165, 1.54) is 22.5 Å². The first-order valence-electron chi connectivity index (χ1n) is 11.2. The Morgan fingerprint density at radius 2 is 1.91 bits per heavy atom. The zero-order valence-electron chi connectivity index (χ0n) is 19.0. The third kappa shape index (κ3) is 3.74. The Bertz CT molecular complexity index is 1250. The lowest BCUT2D eigenvalue weighted by Crippen LogP contribution is -2.50. The van der Waals surface area contributed by atoms with Crippen LogP contribution in [0.25, 0.3) is 0 Å². The van der Waals surface area contributed by atoms with Crippen LogP contribution in [0, 0.1) is 10.8 Å². The van der Waals surface area contributed by atoms with Gasteiger partial charge in [0.05, 0.1) is 11.4 Å². The third-order valence-corrected chi connectivity index (χ3v) is 9.02. The van der Waals surface area contributed by atoms with Gasteiger partial charge in [-0.05, 0) is 36.8 Å². The number of nitrogens with one attached hydrogen (secondary N) is 1. The number of allylic oxidation sites excluding steroid dienone is 2. The molecule has 1 aromatic carbocycles. The molecule has 8 nitrogen and oxygen atoms in total. The molecule has 1 aliphatic carbocycles. The number of alkyl halides is 2. The fourth-order valence-corrected chi connectivity index (χ4v) is 7.16. The minimum absolute atomic E-state index is 0.0883. The largest absolute Gasteiger partial charge is 0.435 e. The van der Waals surface area contributed by atoms with Crippen molar-refractivity contribution in [2.45, 2.75) is 51.0 Å². The number of nitrogens with zero attached hydrogens (tertiary/aromatic N) is 3. The number of hydrogen-bond donors (Lipinski definition) is 1. The maximum Gasteiger partial charge on any atom is 0.387 e. The van der Waals surface area contributed by atoms with Gasteiger partial charge >= 0.3 is 6.61 Å². The lowest BCUT2D eigenvalue weighted by atomic mass is 9.60. The molecule has 1 fully saturated rings. The van der Waals surface area contributed by atoms with Crippen LogP contribution in [0.15, 0.2) is 62.1 Å². The van der Waals surface area contributed by atoms with Crippen molar-refractivity contribution in [2.75, 3.05) is 19.6 Å². The van der Waals surface area contributed by atoms with Gasteiger partial charge in [-0.25, -0.2) is 8.42 Å². The van der Waals surface area contributed by atoms with E-state index in [2.05, 4.69) is 34.1 Å². The summed E-state index contributed by atoms with van der Waals surface area (Å²) < 4.78 is 57.5. The maximum absolute atomic E-state index is 13.3. The van der Waals surface area contributed by atoms with Crippen molar-refractivity contribution in [3.63, 3.8) is 0 Å². The van der Waals surface area contributed by atoms with E-state index in [9.17, 15) is 22.0 Å². The van der Waals surface area contributed by atoms with Gasteiger partial charge in [0.2, 0.25) is 10.0 Å². The number of Topliss-reactive ketones (excluding diaryl/α,β-unsaturated/α-hetero) is 1. The van der Waals surface area contributed by atoms with Crippen LogP contribution in [0.4, 0.5) is 8.78 Å². The summed E-state index contributed by atoms with van der Waals surface area (Å²) in [5.74, 6) is 0.555.